The van der Waals surface area contributed by atoms with Crippen molar-refractivity contribution in [1.29, 1.82) is 0 Å². The molecule has 0 atom stereocenters. The van der Waals surface area contributed by atoms with E-state index in [9.17, 15) is 14.4 Å². The molecule has 5 rings (SSSR count). The predicted octanol–water partition coefficient (Wildman–Crippen LogP) is 4.72. The van der Waals surface area contributed by atoms with Gasteiger partial charge in [0.1, 0.15) is 23.0 Å². The summed E-state index contributed by atoms with van der Waals surface area (Å²) in [7, 11) is 0. The van der Waals surface area contributed by atoms with Crippen molar-refractivity contribution >= 4 is 17.9 Å². The lowest BCUT2D eigenvalue weighted by Crippen LogP contribution is -2.33. The summed E-state index contributed by atoms with van der Waals surface area (Å²) >= 11 is 0. The van der Waals surface area contributed by atoms with Gasteiger partial charge in [0.15, 0.2) is 5.60 Å². The Balaban J connectivity index is 1.79. The second kappa shape index (κ2) is 7.20. The molecule has 33 heavy (non-hydrogen) atoms. The number of aryl methyl sites for hydroxylation is 1. The molecule has 166 valence electrons. The highest BCUT2D eigenvalue weighted by molar-refractivity contribution is 5.98. The molecule has 3 aromatic carbocycles. The van der Waals surface area contributed by atoms with Gasteiger partial charge in [-0.05, 0) is 49.2 Å². The fourth-order valence-electron chi connectivity index (χ4n) is 4.50. The summed E-state index contributed by atoms with van der Waals surface area (Å²) in [6.45, 7) is 6.45. The number of hydrogen-bond donors (Lipinski definition) is 0. The zero-order valence-electron chi connectivity index (χ0n) is 18.5. The van der Waals surface area contributed by atoms with Gasteiger partial charge in [-0.15, -0.1) is 0 Å². The summed E-state index contributed by atoms with van der Waals surface area (Å²) in [4.78, 5) is 36.1. The first-order chi connectivity index (χ1) is 15.7. The van der Waals surface area contributed by atoms with E-state index in [4.69, 9.17) is 18.9 Å². The van der Waals surface area contributed by atoms with Crippen LogP contribution in [0.1, 0.15) is 52.0 Å². The molecule has 0 saturated heterocycles. The quantitative estimate of drug-likeness (QED) is 0.417. The average Bonchev–Trinajstić information content (AvgIpc) is 3.03. The summed E-state index contributed by atoms with van der Waals surface area (Å²) < 4.78 is 22.7. The van der Waals surface area contributed by atoms with E-state index < -0.39 is 23.5 Å². The molecule has 0 radical (unpaired) electrons. The maximum atomic E-state index is 13.2. The third-order valence-corrected chi connectivity index (χ3v) is 5.97. The average molecular weight is 444 g/mol. The maximum Gasteiger partial charge on any atom is 0.340 e. The van der Waals surface area contributed by atoms with E-state index in [1.54, 1.807) is 36.4 Å². The van der Waals surface area contributed by atoms with E-state index in [1.165, 1.54) is 13.8 Å². The Morgan fingerprint density at radius 1 is 0.788 bits per heavy atom. The highest BCUT2D eigenvalue weighted by Gasteiger charge is 2.54. The predicted molar refractivity (Wildman–Crippen MR) is 117 cm³/mol. The van der Waals surface area contributed by atoms with Crippen LogP contribution >= 0.6 is 0 Å². The van der Waals surface area contributed by atoms with Gasteiger partial charge < -0.3 is 18.9 Å². The zero-order valence-corrected chi connectivity index (χ0v) is 18.5. The molecule has 2 heterocycles. The minimum absolute atomic E-state index is 0.292. The van der Waals surface area contributed by atoms with Crippen LogP contribution in [0.2, 0.25) is 0 Å². The van der Waals surface area contributed by atoms with Crippen LogP contribution in [0.4, 0.5) is 0 Å². The molecule has 0 bridgehead atoms. The van der Waals surface area contributed by atoms with Crippen molar-refractivity contribution < 1.29 is 33.3 Å². The molecule has 0 saturated carbocycles. The van der Waals surface area contributed by atoms with E-state index in [-0.39, 0.29) is 0 Å². The third kappa shape index (κ3) is 3.08. The molecule has 2 aliphatic rings. The summed E-state index contributed by atoms with van der Waals surface area (Å²) in [5, 5.41) is 0. The summed E-state index contributed by atoms with van der Waals surface area (Å²) in [5.74, 6) is -0.0666. The van der Waals surface area contributed by atoms with Crippen molar-refractivity contribution in [3.05, 3.63) is 81.9 Å². The standard InChI is InChI=1S/C26H20O7/c1-13-5-8-21-24(14(13)2)25(29)33-26(21)19-9-6-17(30-15(3)27)11-22(19)32-23-12-18(31-16(4)28)7-10-20(23)26/h5-12H,1-4H3. The van der Waals surface area contributed by atoms with Crippen molar-refractivity contribution in [1.82, 2.24) is 0 Å². The van der Waals surface area contributed by atoms with Crippen LogP contribution in [0.15, 0.2) is 48.5 Å². The topological polar surface area (TPSA) is 88.1 Å². The maximum absolute atomic E-state index is 13.2. The molecule has 0 amide bonds. The van der Waals surface area contributed by atoms with Crippen LogP contribution in [0.3, 0.4) is 0 Å². The van der Waals surface area contributed by atoms with E-state index in [2.05, 4.69) is 0 Å². The van der Waals surface area contributed by atoms with Crippen molar-refractivity contribution in [3.8, 4) is 23.0 Å². The van der Waals surface area contributed by atoms with Gasteiger partial charge in [-0.3, -0.25) is 9.59 Å². The molecule has 0 N–H and O–H groups in total. The van der Waals surface area contributed by atoms with Gasteiger partial charge >= 0.3 is 17.9 Å². The van der Waals surface area contributed by atoms with Crippen molar-refractivity contribution in [2.45, 2.75) is 33.3 Å². The number of ether oxygens (including phenoxy) is 4. The number of carbonyl (C=O) groups excluding carboxylic acids is 3. The number of esters is 3. The van der Waals surface area contributed by atoms with Gasteiger partial charge in [0, 0.05) is 42.7 Å². The molecule has 2 aliphatic heterocycles. The number of rotatable bonds is 2. The minimum atomic E-state index is -1.27. The summed E-state index contributed by atoms with van der Waals surface area (Å²) in [5.41, 5.74) is 2.96. The van der Waals surface area contributed by atoms with Gasteiger partial charge in [-0.25, -0.2) is 4.79 Å². The lowest BCUT2D eigenvalue weighted by Gasteiger charge is -2.36. The number of carbonyl (C=O) groups is 3. The van der Waals surface area contributed by atoms with E-state index in [0.717, 1.165) is 11.1 Å². The highest BCUT2D eigenvalue weighted by atomic mass is 16.6. The fourth-order valence-corrected chi connectivity index (χ4v) is 4.50. The second-order valence-electron chi connectivity index (χ2n) is 8.11. The normalized spacial score (nSPS) is 14.5. The Hall–Kier alpha value is -4.13. The van der Waals surface area contributed by atoms with Crippen LogP contribution in [0.25, 0.3) is 0 Å². The first kappa shape index (κ1) is 20.8. The lowest BCUT2D eigenvalue weighted by atomic mass is 9.76. The zero-order chi connectivity index (χ0) is 23.5. The molecule has 1 spiro atoms. The van der Waals surface area contributed by atoms with Gasteiger partial charge in [0.25, 0.3) is 0 Å². The molecule has 0 unspecified atom stereocenters. The van der Waals surface area contributed by atoms with Crippen molar-refractivity contribution in [2.24, 2.45) is 0 Å². The van der Waals surface area contributed by atoms with Crippen molar-refractivity contribution in [3.63, 3.8) is 0 Å². The monoisotopic (exact) mass is 444 g/mol. The Bertz CT molecular complexity index is 1300. The van der Waals surface area contributed by atoms with Crippen LogP contribution < -0.4 is 14.2 Å². The first-order valence-electron chi connectivity index (χ1n) is 10.4. The van der Waals surface area contributed by atoms with Crippen LogP contribution in [0.5, 0.6) is 23.0 Å². The van der Waals surface area contributed by atoms with E-state index in [1.807, 2.05) is 26.0 Å². The molecule has 7 heteroatoms. The smallest absolute Gasteiger partial charge is 0.340 e. The van der Waals surface area contributed by atoms with Gasteiger partial charge in [0.05, 0.1) is 5.56 Å². The van der Waals surface area contributed by atoms with E-state index >= 15 is 0 Å². The molecular formula is C26H20O7. The van der Waals surface area contributed by atoms with Gasteiger partial charge in [-0.1, -0.05) is 12.1 Å². The largest absolute Gasteiger partial charge is 0.456 e. The Kier molecular flexibility index (Phi) is 4.53. The first-order valence-corrected chi connectivity index (χ1v) is 10.4. The molecular weight excluding hydrogens is 424 g/mol. The summed E-state index contributed by atoms with van der Waals surface area (Å²) in [6, 6.07) is 13.7. The SMILES string of the molecule is CC(=O)Oc1ccc2c(c1)Oc1cc(OC(C)=O)ccc1C21OC(=O)c2c1ccc(C)c2C. The highest BCUT2D eigenvalue weighted by Crippen LogP contribution is 2.57. The Labute approximate surface area is 189 Å². The second-order valence-corrected chi connectivity index (χ2v) is 8.11. The number of hydrogen-bond acceptors (Lipinski definition) is 7. The molecule has 0 fully saturated rings. The van der Waals surface area contributed by atoms with Crippen LogP contribution in [-0.2, 0) is 19.9 Å². The van der Waals surface area contributed by atoms with Crippen LogP contribution in [-0.4, -0.2) is 17.9 Å². The molecule has 3 aromatic rings. The minimum Gasteiger partial charge on any atom is -0.456 e. The van der Waals surface area contributed by atoms with Crippen LogP contribution in [0, 0.1) is 13.8 Å². The van der Waals surface area contributed by atoms with Crippen molar-refractivity contribution in [2.75, 3.05) is 0 Å². The van der Waals surface area contributed by atoms with Gasteiger partial charge in [0.2, 0.25) is 0 Å². The Morgan fingerprint density at radius 3 is 1.82 bits per heavy atom. The lowest BCUT2D eigenvalue weighted by molar-refractivity contribution is -0.132. The molecule has 7 nitrogen and oxygen atoms in total. The number of fused-ring (bicyclic) bond motifs is 6. The summed E-state index contributed by atoms with van der Waals surface area (Å²) in [6.07, 6.45) is 0. The molecule has 0 aromatic heterocycles. The third-order valence-electron chi connectivity index (χ3n) is 5.97. The fraction of sp³-hybridized carbons (Fsp3) is 0.192. The van der Waals surface area contributed by atoms with Gasteiger partial charge in [-0.2, -0.15) is 0 Å². The number of benzene rings is 3. The van der Waals surface area contributed by atoms with E-state index in [0.29, 0.717) is 45.3 Å². The molecule has 0 aliphatic carbocycles. The Morgan fingerprint density at radius 2 is 1.30 bits per heavy atom.